The minimum Gasteiger partial charge on any atom is -0.309 e. The summed E-state index contributed by atoms with van der Waals surface area (Å²) in [7, 11) is 0. The van der Waals surface area contributed by atoms with Gasteiger partial charge < -0.3 is 4.57 Å². The lowest BCUT2D eigenvalue weighted by atomic mass is 9.33. The zero-order chi connectivity index (χ0) is 54.0. The van der Waals surface area contributed by atoms with Gasteiger partial charge >= 0.3 is 0 Å². The van der Waals surface area contributed by atoms with Gasteiger partial charge in [-0.15, -0.1) is 11.3 Å². The van der Waals surface area contributed by atoms with E-state index in [2.05, 4.69) is 287 Å². The van der Waals surface area contributed by atoms with Gasteiger partial charge in [-0.05, 0) is 144 Å². The number of rotatable bonds is 6. The van der Waals surface area contributed by atoms with Crippen LogP contribution < -0.4 is 16.4 Å². The Kier molecular flexibility index (Phi) is 9.27. The van der Waals surface area contributed by atoms with Crippen molar-refractivity contribution in [2.24, 2.45) is 0 Å². The molecule has 0 unspecified atom stereocenters. The van der Waals surface area contributed by atoms with Crippen molar-refractivity contribution in [3.63, 3.8) is 0 Å². The standard InChI is InChI=1S/C77H45BN4S/c1-5-20-46(21-6-1)51-31-19-32-52(47-22-7-2-8-23-47)74(51)78-62-42-50(80-65-33-16-13-28-53(65)54-29-14-17-34-66(54)80)36-39-67(62)81-75-63(78)45-61-60-44-58(49-26-11-4-12-27-49)57(48-24-9-3-10-25-48)43-59(60)55-37-40-68(73(75)71(55)61)82-76-64(79-77(81)82)38-41-70-72(76)56-30-15-18-35-69(56)83-70/h1-45H. The average Bonchev–Trinajstić information content (AvgIpc) is 2.43. The molecular weight excluding hydrogens is 1020 g/mol. The number of benzene rings is 13. The van der Waals surface area contributed by atoms with E-state index in [-0.39, 0.29) is 6.71 Å². The van der Waals surface area contributed by atoms with Gasteiger partial charge in [0.05, 0.1) is 33.1 Å². The zero-order valence-corrected chi connectivity index (χ0v) is 45.6. The van der Waals surface area contributed by atoms with Crippen LogP contribution in [0.2, 0.25) is 0 Å². The summed E-state index contributed by atoms with van der Waals surface area (Å²) in [6.45, 7) is -0.252. The first-order valence-electron chi connectivity index (χ1n) is 28.6. The van der Waals surface area contributed by atoms with E-state index in [1.54, 1.807) is 0 Å². The van der Waals surface area contributed by atoms with Gasteiger partial charge in [0.15, 0.2) is 0 Å². The molecule has 18 aromatic rings. The molecule has 0 aliphatic carbocycles. The third kappa shape index (κ3) is 6.22. The summed E-state index contributed by atoms with van der Waals surface area (Å²) < 4.78 is 10.1. The molecule has 0 fully saturated rings. The van der Waals surface area contributed by atoms with Crippen LogP contribution in [0.25, 0.3) is 158 Å². The molecule has 0 amide bonds. The fourth-order valence-electron chi connectivity index (χ4n) is 14.9. The third-order valence-corrected chi connectivity index (χ3v) is 19.4. The number of nitrogens with zero attached hydrogens (tertiary/aromatic N) is 4. The molecule has 0 bridgehead atoms. The Morgan fingerprint density at radius 1 is 0.325 bits per heavy atom. The maximum Gasteiger partial charge on any atom is 0.248 e. The average molecular weight is 1070 g/mol. The number of imidazole rings is 1. The van der Waals surface area contributed by atoms with Gasteiger partial charge in [-0.25, -0.2) is 4.98 Å². The summed E-state index contributed by atoms with van der Waals surface area (Å²) in [6.07, 6.45) is 0. The van der Waals surface area contributed by atoms with Gasteiger partial charge in [-0.3, -0.25) is 8.97 Å². The largest absolute Gasteiger partial charge is 0.309 e. The number of thiophene rings is 1. The van der Waals surface area contributed by atoms with Crippen molar-refractivity contribution in [3.8, 4) is 55.9 Å². The zero-order valence-electron chi connectivity index (χ0n) is 44.8. The molecule has 83 heavy (non-hydrogen) atoms. The quantitative estimate of drug-likeness (QED) is 0.153. The van der Waals surface area contributed by atoms with E-state index in [0.29, 0.717) is 0 Å². The lowest BCUT2D eigenvalue weighted by Gasteiger charge is -2.33. The highest BCUT2D eigenvalue weighted by Gasteiger charge is 2.39. The van der Waals surface area contributed by atoms with Crippen LogP contribution in [0, 0.1) is 0 Å². The second-order valence-corrected chi connectivity index (χ2v) is 23.5. The molecule has 1 aliphatic rings. The molecule has 0 N–H and O–H groups in total. The van der Waals surface area contributed by atoms with E-state index in [9.17, 15) is 0 Å². The molecular formula is C77H45BN4S. The van der Waals surface area contributed by atoms with Crippen LogP contribution in [-0.2, 0) is 0 Å². The maximum absolute atomic E-state index is 5.86. The van der Waals surface area contributed by atoms with Crippen molar-refractivity contribution in [2.75, 3.05) is 0 Å². The highest BCUT2D eigenvalue weighted by Crippen LogP contribution is 2.49. The predicted octanol–water partition coefficient (Wildman–Crippen LogP) is 18.3. The minimum atomic E-state index is -0.252. The topological polar surface area (TPSA) is 27.2 Å². The van der Waals surface area contributed by atoms with E-state index in [1.807, 2.05) is 11.3 Å². The number of hydrogen-bond donors (Lipinski definition) is 0. The predicted molar refractivity (Wildman–Crippen MR) is 353 cm³/mol. The van der Waals surface area contributed by atoms with Gasteiger partial charge in [0.25, 0.3) is 0 Å². The summed E-state index contributed by atoms with van der Waals surface area (Å²) in [5.41, 5.74) is 22.4. The van der Waals surface area contributed by atoms with E-state index < -0.39 is 0 Å². The Morgan fingerprint density at radius 2 is 0.892 bits per heavy atom. The van der Waals surface area contributed by atoms with Crippen molar-refractivity contribution in [1.29, 1.82) is 0 Å². The first-order chi connectivity index (χ1) is 41.2. The molecule has 6 heteroatoms. The van der Waals surface area contributed by atoms with E-state index in [1.165, 1.54) is 141 Å². The van der Waals surface area contributed by atoms with Crippen LogP contribution in [-0.4, -0.2) is 25.2 Å². The molecule has 0 saturated heterocycles. The van der Waals surface area contributed by atoms with Crippen LogP contribution >= 0.6 is 11.3 Å². The molecule has 5 heterocycles. The van der Waals surface area contributed by atoms with Gasteiger partial charge in [-0.2, -0.15) is 0 Å². The van der Waals surface area contributed by atoms with Crippen LogP contribution in [0.4, 0.5) is 0 Å². The fraction of sp³-hybridized carbons (Fsp3) is 0. The van der Waals surface area contributed by atoms with Gasteiger partial charge in [0.2, 0.25) is 12.5 Å². The SMILES string of the molecule is c1ccc(-c2cc3c(cc2-c2ccccc2)c2cc4c5c6c2c3ccc6n2c3c(ccc6sc7ccccc7c63)nc2n5-c2ccc(-n3c5ccccc5c5ccccc53)cc2B4c2c(-c3ccccc3)cccc2-c2ccccc2)cc1. The lowest BCUT2D eigenvalue weighted by molar-refractivity contribution is 1.06. The molecule has 0 saturated carbocycles. The van der Waals surface area contributed by atoms with Gasteiger partial charge in [0, 0.05) is 53.1 Å². The van der Waals surface area contributed by atoms with Crippen molar-refractivity contribution < 1.29 is 0 Å². The summed E-state index contributed by atoms with van der Waals surface area (Å²) in [5.74, 6) is 0.900. The molecule has 4 nitrogen and oxygen atoms in total. The van der Waals surface area contributed by atoms with Crippen molar-refractivity contribution in [1.82, 2.24) is 18.5 Å². The maximum atomic E-state index is 5.86. The van der Waals surface area contributed by atoms with Crippen molar-refractivity contribution >= 4 is 137 Å². The van der Waals surface area contributed by atoms with E-state index in [0.717, 1.165) is 33.7 Å². The summed E-state index contributed by atoms with van der Waals surface area (Å²) in [4.78, 5) is 5.86. The first kappa shape index (κ1) is 45.2. The molecule has 14 aromatic carbocycles. The highest BCUT2D eigenvalue weighted by atomic mass is 32.1. The number of aromatic nitrogens is 4. The summed E-state index contributed by atoms with van der Waals surface area (Å²) >= 11 is 1.86. The molecule has 382 valence electrons. The Balaban J connectivity index is 1.05. The van der Waals surface area contributed by atoms with Crippen LogP contribution in [0.1, 0.15) is 0 Å². The number of hydrogen-bond acceptors (Lipinski definition) is 2. The van der Waals surface area contributed by atoms with Crippen LogP contribution in [0.3, 0.4) is 0 Å². The summed E-state index contributed by atoms with van der Waals surface area (Å²) in [6, 6.07) is 102. The van der Waals surface area contributed by atoms with Crippen LogP contribution in [0.5, 0.6) is 0 Å². The second kappa shape index (κ2) is 17.0. The monoisotopic (exact) mass is 1070 g/mol. The number of fused-ring (bicyclic) bond motifs is 17. The fourth-order valence-corrected chi connectivity index (χ4v) is 16.0. The van der Waals surface area contributed by atoms with Crippen molar-refractivity contribution in [2.45, 2.75) is 0 Å². The molecule has 0 radical (unpaired) electrons. The minimum absolute atomic E-state index is 0.252. The van der Waals surface area contributed by atoms with E-state index >= 15 is 0 Å². The molecule has 4 aromatic heterocycles. The van der Waals surface area contributed by atoms with Gasteiger partial charge in [0.1, 0.15) is 0 Å². The third-order valence-electron chi connectivity index (χ3n) is 18.3. The first-order valence-corrected chi connectivity index (χ1v) is 29.5. The highest BCUT2D eigenvalue weighted by molar-refractivity contribution is 7.26. The Hall–Kier alpha value is -10.5. The Labute approximate surface area is 481 Å². The molecule has 0 atom stereocenters. The summed E-state index contributed by atoms with van der Waals surface area (Å²) in [5, 5.41) is 12.5. The molecule has 1 aliphatic heterocycles. The number of para-hydroxylation sites is 2. The molecule has 0 spiro atoms. The second-order valence-electron chi connectivity index (χ2n) is 22.5. The molecule has 19 rings (SSSR count). The van der Waals surface area contributed by atoms with Gasteiger partial charge in [-0.1, -0.05) is 212 Å². The van der Waals surface area contributed by atoms with E-state index in [4.69, 9.17) is 4.98 Å². The van der Waals surface area contributed by atoms with Crippen LogP contribution in [0.15, 0.2) is 273 Å². The van der Waals surface area contributed by atoms with Crippen molar-refractivity contribution in [3.05, 3.63) is 273 Å². The lowest BCUT2D eigenvalue weighted by Crippen LogP contribution is -2.57. The Morgan fingerprint density at radius 3 is 1.53 bits per heavy atom. The normalized spacial score (nSPS) is 12.6. The Bertz CT molecular complexity index is 5630. The smallest absolute Gasteiger partial charge is 0.248 e.